The molecule has 0 aromatic carbocycles. The molecule has 0 spiro atoms. The van der Waals surface area contributed by atoms with Gasteiger partial charge in [0.05, 0.1) is 4.34 Å². The minimum Gasteiger partial charge on any atom is -0.313 e. The first-order chi connectivity index (χ1) is 8.95. The van der Waals surface area contributed by atoms with Crippen molar-refractivity contribution in [1.82, 2.24) is 9.62 Å². The Hall–Kier alpha value is -0.140. The van der Waals surface area contributed by atoms with E-state index in [9.17, 15) is 8.42 Å². The third kappa shape index (κ3) is 3.31. The molecule has 0 radical (unpaired) electrons. The molecular formula is C12H19ClN2O2S2. The van der Waals surface area contributed by atoms with Crippen molar-refractivity contribution >= 4 is 33.0 Å². The van der Waals surface area contributed by atoms with Gasteiger partial charge < -0.3 is 5.32 Å². The molecule has 1 atom stereocenters. The highest BCUT2D eigenvalue weighted by molar-refractivity contribution is 7.91. The van der Waals surface area contributed by atoms with Gasteiger partial charge in [-0.1, -0.05) is 18.5 Å². The zero-order valence-corrected chi connectivity index (χ0v) is 13.5. The highest BCUT2D eigenvalue weighted by atomic mass is 35.5. The second-order valence-corrected chi connectivity index (χ2v) is 8.59. The SMILES string of the molecule is CCN(CC1CCCN1)S(=O)(=O)c1cc(C)c(Cl)s1. The van der Waals surface area contributed by atoms with Gasteiger partial charge in [0.2, 0.25) is 0 Å². The number of nitrogens with zero attached hydrogens (tertiary/aromatic N) is 1. The number of aryl methyl sites for hydroxylation is 1. The van der Waals surface area contributed by atoms with Crippen LogP contribution < -0.4 is 5.32 Å². The molecule has 108 valence electrons. The third-order valence-electron chi connectivity index (χ3n) is 3.37. The lowest BCUT2D eigenvalue weighted by atomic mass is 10.2. The Morgan fingerprint density at radius 1 is 1.58 bits per heavy atom. The average Bonchev–Trinajstić information content (AvgIpc) is 2.97. The number of hydrogen-bond donors (Lipinski definition) is 1. The summed E-state index contributed by atoms with van der Waals surface area (Å²) >= 11 is 7.12. The zero-order chi connectivity index (χ0) is 14.0. The van der Waals surface area contributed by atoms with Crippen molar-refractivity contribution in [1.29, 1.82) is 0 Å². The van der Waals surface area contributed by atoms with Crippen molar-refractivity contribution in [3.8, 4) is 0 Å². The molecule has 1 aliphatic rings. The summed E-state index contributed by atoms with van der Waals surface area (Å²) in [5.41, 5.74) is 0.820. The third-order valence-corrected chi connectivity index (χ3v) is 7.31. The Morgan fingerprint density at radius 3 is 2.79 bits per heavy atom. The fraction of sp³-hybridized carbons (Fsp3) is 0.667. The first kappa shape index (κ1) is 15.3. The van der Waals surface area contributed by atoms with Crippen LogP contribution >= 0.6 is 22.9 Å². The number of likely N-dealkylation sites (N-methyl/N-ethyl adjacent to an activating group) is 1. The number of sulfonamides is 1. The van der Waals surface area contributed by atoms with Crippen LogP contribution in [0.15, 0.2) is 10.3 Å². The van der Waals surface area contributed by atoms with Crippen LogP contribution in [0.4, 0.5) is 0 Å². The maximum atomic E-state index is 12.6. The summed E-state index contributed by atoms with van der Waals surface area (Å²) in [6.45, 7) is 5.69. The zero-order valence-electron chi connectivity index (χ0n) is 11.1. The topological polar surface area (TPSA) is 49.4 Å². The molecule has 1 aromatic heterocycles. The average molecular weight is 323 g/mol. The largest absolute Gasteiger partial charge is 0.313 e. The summed E-state index contributed by atoms with van der Waals surface area (Å²) in [6.07, 6.45) is 2.16. The van der Waals surface area contributed by atoms with E-state index in [1.54, 1.807) is 6.07 Å². The molecule has 1 unspecified atom stereocenters. The van der Waals surface area contributed by atoms with Crippen LogP contribution in [0.2, 0.25) is 4.34 Å². The molecule has 1 aliphatic heterocycles. The van der Waals surface area contributed by atoms with Crippen LogP contribution in [-0.4, -0.2) is 38.4 Å². The van der Waals surface area contributed by atoms with Crippen LogP contribution in [0.5, 0.6) is 0 Å². The monoisotopic (exact) mass is 322 g/mol. The van der Waals surface area contributed by atoms with E-state index >= 15 is 0 Å². The van der Waals surface area contributed by atoms with E-state index < -0.39 is 10.0 Å². The molecule has 0 amide bonds. The van der Waals surface area contributed by atoms with Crippen LogP contribution in [0, 0.1) is 6.92 Å². The molecule has 19 heavy (non-hydrogen) atoms. The molecule has 0 aliphatic carbocycles. The molecule has 4 nitrogen and oxygen atoms in total. The molecule has 1 N–H and O–H groups in total. The van der Waals surface area contributed by atoms with Gasteiger partial charge in [0.1, 0.15) is 4.21 Å². The van der Waals surface area contributed by atoms with E-state index in [1.165, 1.54) is 4.31 Å². The molecular weight excluding hydrogens is 304 g/mol. The molecule has 1 fully saturated rings. The lowest BCUT2D eigenvalue weighted by Crippen LogP contribution is -2.40. The van der Waals surface area contributed by atoms with Crippen LogP contribution in [0.3, 0.4) is 0 Å². The highest BCUT2D eigenvalue weighted by Crippen LogP contribution is 2.32. The Kier molecular flexibility index (Phi) is 4.89. The van der Waals surface area contributed by atoms with Gasteiger partial charge >= 0.3 is 0 Å². The van der Waals surface area contributed by atoms with Gasteiger partial charge in [0.15, 0.2) is 0 Å². The van der Waals surface area contributed by atoms with Crippen LogP contribution in [-0.2, 0) is 10.0 Å². The number of halogens is 1. The van der Waals surface area contributed by atoms with E-state index in [1.807, 2.05) is 13.8 Å². The van der Waals surface area contributed by atoms with Crippen LogP contribution in [0.25, 0.3) is 0 Å². The van der Waals surface area contributed by atoms with Crippen LogP contribution in [0.1, 0.15) is 25.3 Å². The number of hydrogen-bond acceptors (Lipinski definition) is 4. The molecule has 0 bridgehead atoms. The van der Waals surface area contributed by atoms with Gasteiger partial charge in [-0.15, -0.1) is 11.3 Å². The van der Waals surface area contributed by atoms with Gasteiger partial charge in [-0.05, 0) is 37.9 Å². The summed E-state index contributed by atoms with van der Waals surface area (Å²) < 4.78 is 27.6. The first-order valence-corrected chi connectivity index (χ1v) is 9.08. The van der Waals surface area contributed by atoms with Gasteiger partial charge in [-0.3, -0.25) is 0 Å². The minimum atomic E-state index is -3.41. The van der Waals surface area contributed by atoms with Gasteiger partial charge in [0.25, 0.3) is 10.0 Å². The maximum Gasteiger partial charge on any atom is 0.252 e. The van der Waals surface area contributed by atoms with E-state index in [2.05, 4.69) is 5.32 Å². The smallest absolute Gasteiger partial charge is 0.252 e. The predicted molar refractivity (Wildman–Crippen MR) is 79.5 cm³/mol. The fourth-order valence-corrected chi connectivity index (χ4v) is 5.60. The van der Waals surface area contributed by atoms with Gasteiger partial charge in [-0.2, -0.15) is 4.31 Å². The summed E-state index contributed by atoms with van der Waals surface area (Å²) in [6, 6.07) is 1.93. The molecule has 1 saturated heterocycles. The van der Waals surface area contributed by atoms with Crippen molar-refractivity contribution in [2.75, 3.05) is 19.6 Å². The maximum absolute atomic E-state index is 12.6. The second kappa shape index (κ2) is 6.10. The standard InChI is InChI=1S/C12H19ClN2O2S2/c1-3-15(8-10-5-4-6-14-10)19(16,17)11-7-9(2)12(13)18-11/h7,10,14H,3-6,8H2,1-2H3. The Balaban J connectivity index is 2.20. The Labute approximate surface area is 123 Å². The van der Waals surface area contributed by atoms with Crippen molar-refractivity contribution in [2.24, 2.45) is 0 Å². The van der Waals surface area contributed by atoms with Gasteiger partial charge in [-0.25, -0.2) is 8.42 Å². The summed E-state index contributed by atoms with van der Waals surface area (Å²) in [4.78, 5) is 0. The summed E-state index contributed by atoms with van der Waals surface area (Å²) in [7, 11) is -3.41. The number of rotatable bonds is 5. The van der Waals surface area contributed by atoms with E-state index in [4.69, 9.17) is 11.6 Å². The minimum absolute atomic E-state index is 0.270. The molecule has 1 aromatic rings. The van der Waals surface area contributed by atoms with E-state index in [-0.39, 0.29) is 6.04 Å². The summed E-state index contributed by atoms with van der Waals surface area (Å²) in [5, 5.41) is 3.33. The number of thiophene rings is 1. The first-order valence-electron chi connectivity index (χ1n) is 6.44. The van der Waals surface area contributed by atoms with E-state index in [0.29, 0.717) is 21.6 Å². The van der Waals surface area contributed by atoms with Crippen molar-refractivity contribution in [3.63, 3.8) is 0 Å². The Morgan fingerprint density at radius 2 is 2.32 bits per heavy atom. The van der Waals surface area contributed by atoms with Crippen molar-refractivity contribution < 1.29 is 8.42 Å². The summed E-state index contributed by atoms with van der Waals surface area (Å²) in [5.74, 6) is 0. The Bertz CT molecular complexity index is 516. The molecule has 7 heteroatoms. The normalized spacial score (nSPS) is 20.3. The van der Waals surface area contributed by atoms with Crippen molar-refractivity contribution in [2.45, 2.75) is 36.9 Å². The molecule has 2 heterocycles. The lowest BCUT2D eigenvalue weighted by molar-refractivity contribution is 0.384. The molecule has 0 saturated carbocycles. The highest BCUT2D eigenvalue weighted by Gasteiger charge is 2.28. The quantitative estimate of drug-likeness (QED) is 0.906. The fourth-order valence-electron chi connectivity index (χ4n) is 2.24. The van der Waals surface area contributed by atoms with Gasteiger partial charge in [0, 0.05) is 19.1 Å². The molecule has 2 rings (SSSR count). The lowest BCUT2D eigenvalue weighted by Gasteiger charge is -2.23. The predicted octanol–water partition coefficient (Wildman–Crippen LogP) is 2.47. The second-order valence-electron chi connectivity index (χ2n) is 4.77. The van der Waals surface area contributed by atoms with E-state index in [0.717, 1.165) is 36.3 Å². The van der Waals surface area contributed by atoms with Crippen molar-refractivity contribution in [3.05, 3.63) is 16.0 Å². The number of nitrogens with one attached hydrogen (secondary N) is 1.